The fourth-order valence-corrected chi connectivity index (χ4v) is 2.25. The standard InChI is InChI=1S/C16H17BrN2O/c17-14-10-4-5-11-15(14)19-16(20)18-12-6-9-13-7-2-1-3-8-13/h1-5,7-8,10-11H,6,9,12H2,(H2,18,19,20). The monoisotopic (exact) mass is 332 g/mol. The lowest BCUT2D eigenvalue weighted by Crippen LogP contribution is -2.29. The van der Waals surface area contributed by atoms with E-state index >= 15 is 0 Å². The quantitative estimate of drug-likeness (QED) is 0.791. The van der Waals surface area contributed by atoms with Gasteiger partial charge in [0.1, 0.15) is 0 Å². The van der Waals surface area contributed by atoms with E-state index in [2.05, 4.69) is 38.7 Å². The van der Waals surface area contributed by atoms with E-state index < -0.39 is 0 Å². The molecule has 104 valence electrons. The van der Waals surface area contributed by atoms with Crippen molar-refractivity contribution in [2.75, 3.05) is 11.9 Å². The molecule has 0 unspecified atom stereocenters. The van der Waals surface area contributed by atoms with Crippen molar-refractivity contribution in [1.29, 1.82) is 0 Å². The maximum Gasteiger partial charge on any atom is 0.319 e. The Hall–Kier alpha value is -1.81. The summed E-state index contributed by atoms with van der Waals surface area (Å²) >= 11 is 3.39. The molecule has 0 aliphatic heterocycles. The molecule has 4 heteroatoms. The van der Waals surface area contributed by atoms with Crippen LogP contribution in [0.15, 0.2) is 59.1 Å². The number of hydrogen-bond acceptors (Lipinski definition) is 1. The molecule has 0 aliphatic rings. The van der Waals surface area contributed by atoms with Crippen LogP contribution in [-0.4, -0.2) is 12.6 Å². The maximum absolute atomic E-state index is 11.7. The molecular weight excluding hydrogens is 316 g/mol. The zero-order valence-electron chi connectivity index (χ0n) is 11.1. The van der Waals surface area contributed by atoms with Gasteiger partial charge in [-0.25, -0.2) is 4.79 Å². The molecule has 0 radical (unpaired) electrons. The molecular formula is C16H17BrN2O. The number of para-hydroxylation sites is 1. The van der Waals surface area contributed by atoms with E-state index in [4.69, 9.17) is 0 Å². The molecule has 2 aromatic rings. The fourth-order valence-electron chi connectivity index (χ4n) is 1.87. The number of amides is 2. The lowest BCUT2D eigenvalue weighted by atomic mass is 10.1. The minimum Gasteiger partial charge on any atom is -0.338 e. The van der Waals surface area contributed by atoms with Crippen LogP contribution < -0.4 is 10.6 Å². The highest BCUT2D eigenvalue weighted by molar-refractivity contribution is 9.10. The van der Waals surface area contributed by atoms with Gasteiger partial charge in [-0.15, -0.1) is 0 Å². The number of rotatable bonds is 5. The second-order valence-corrected chi connectivity index (χ2v) is 5.30. The number of carbonyl (C=O) groups excluding carboxylic acids is 1. The summed E-state index contributed by atoms with van der Waals surface area (Å²) in [6.45, 7) is 0.658. The van der Waals surface area contributed by atoms with E-state index in [1.165, 1.54) is 5.56 Å². The SMILES string of the molecule is O=C(NCCCc1ccccc1)Nc1ccccc1Br. The Balaban J connectivity index is 1.69. The normalized spacial score (nSPS) is 10.1. The van der Waals surface area contributed by atoms with Crippen LogP contribution in [-0.2, 0) is 6.42 Å². The number of aryl methyl sites for hydroxylation is 1. The van der Waals surface area contributed by atoms with Crippen molar-refractivity contribution >= 4 is 27.6 Å². The topological polar surface area (TPSA) is 41.1 Å². The summed E-state index contributed by atoms with van der Waals surface area (Å²) in [5.41, 5.74) is 2.06. The van der Waals surface area contributed by atoms with Crippen molar-refractivity contribution in [1.82, 2.24) is 5.32 Å². The Morgan fingerprint density at radius 1 is 1.00 bits per heavy atom. The maximum atomic E-state index is 11.7. The summed E-state index contributed by atoms with van der Waals surface area (Å²) in [6.07, 6.45) is 1.89. The van der Waals surface area contributed by atoms with Gasteiger partial charge in [0.25, 0.3) is 0 Å². The average molecular weight is 333 g/mol. The number of nitrogens with one attached hydrogen (secondary N) is 2. The van der Waals surface area contributed by atoms with Gasteiger partial charge in [-0.05, 0) is 46.5 Å². The van der Waals surface area contributed by atoms with Crippen molar-refractivity contribution in [3.63, 3.8) is 0 Å². The molecule has 20 heavy (non-hydrogen) atoms. The molecule has 0 aromatic heterocycles. The van der Waals surface area contributed by atoms with Crippen LogP contribution in [0.5, 0.6) is 0 Å². The van der Waals surface area contributed by atoms with Crippen LogP contribution in [0.3, 0.4) is 0 Å². The molecule has 0 bridgehead atoms. The van der Waals surface area contributed by atoms with Gasteiger partial charge in [-0.3, -0.25) is 0 Å². The third-order valence-corrected chi connectivity index (χ3v) is 3.58. The van der Waals surface area contributed by atoms with Gasteiger partial charge >= 0.3 is 6.03 Å². The third kappa shape index (κ3) is 4.70. The summed E-state index contributed by atoms with van der Waals surface area (Å²) < 4.78 is 0.874. The van der Waals surface area contributed by atoms with Crippen LogP contribution in [0.4, 0.5) is 10.5 Å². The Bertz CT molecular complexity index is 557. The second kappa shape index (κ2) is 7.70. The van der Waals surface area contributed by atoms with E-state index in [-0.39, 0.29) is 6.03 Å². The highest BCUT2D eigenvalue weighted by Gasteiger charge is 2.03. The Kier molecular flexibility index (Phi) is 5.62. The highest BCUT2D eigenvalue weighted by atomic mass is 79.9. The minimum atomic E-state index is -0.176. The first kappa shape index (κ1) is 14.6. The van der Waals surface area contributed by atoms with Crippen molar-refractivity contribution in [2.45, 2.75) is 12.8 Å². The minimum absolute atomic E-state index is 0.176. The van der Waals surface area contributed by atoms with Crippen molar-refractivity contribution in [2.24, 2.45) is 0 Å². The Morgan fingerprint density at radius 2 is 1.70 bits per heavy atom. The summed E-state index contributed by atoms with van der Waals surface area (Å²) in [7, 11) is 0. The Morgan fingerprint density at radius 3 is 2.45 bits per heavy atom. The van der Waals surface area contributed by atoms with Gasteiger partial charge in [0.2, 0.25) is 0 Å². The smallest absolute Gasteiger partial charge is 0.319 e. The van der Waals surface area contributed by atoms with E-state index in [9.17, 15) is 4.79 Å². The first-order chi connectivity index (χ1) is 9.75. The predicted octanol–water partition coefficient (Wildman–Crippen LogP) is 4.20. The number of benzene rings is 2. The summed E-state index contributed by atoms with van der Waals surface area (Å²) in [5.74, 6) is 0. The summed E-state index contributed by atoms with van der Waals surface area (Å²) in [4.78, 5) is 11.7. The van der Waals surface area contributed by atoms with Crippen LogP contribution >= 0.6 is 15.9 Å². The number of anilines is 1. The predicted molar refractivity (Wildman–Crippen MR) is 85.9 cm³/mol. The average Bonchev–Trinajstić information content (AvgIpc) is 2.47. The molecule has 0 aliphatic carbocycles. The first-order valence-electron chi connectivity index (χ1n) is 6.59. The lowest BCUT2D eigenvalue weighted by molar-refractivity contribution is 0.252. The third-order valence-electron chi connectivity index (χ3n) is 2.89. The summed E-state index contributed by atoms with van der Waals surface area (Å²) in [6, 6.07) is 17.6. The first-order valence-corrected chi connectivity index (χ1v) is 7.38. The largest absolute Gasteiger partial charge is 0.338 e. The lowest BCUT2D eigenvalue weighted by Gasteiger charge is -2.09. The molecule has 0 saturated heterocycles. The van der Waals surface area contributed by atoms with Gasteiger partial charge < -0.3 is 10.6 Å². The molecule has 2 aromatic carbocycles. The van der Waals surface area contributed by atoms with Gasteiger partial charge in [-0.2, -0.15) is 0 Å². The molecule has 0 heterocycles. The van der Waals surface area contributed by atoms with Crippen LogP contribution in [0.2, 0.25) is 0 Å². The number of halogens is 1. The molecule has 0 fully saturated rings. The fraction of sp³-hybridized carbons (Fsp3) is 0.188. The zero-order chi connectivity index (χ0) is 14.2. The molecule has 2 amide bonds. The number of urea groups is 1. The molecule has 0 saturated carbocycles. The molecule has 2 rings (SSSR count). The number of hydrogen-bond donors (Lipinski definition) is 2. The van der Waals surface area contributed by atoms with E-state index in [1.54, 1.807) is 0 Å². The Labute approximate surface area is 127 Å². The van der Waals surface area contributed by atoms with Crippen LogP contribution in [0.25, 0.3) is 0 Å². The molecule has 3 nitrogen and oxygen atoms in total. The number of carbonyl (C=O) groups is 1. The van der Waals surface area contributed by atoms with Crippen LogP contribution in [0.1, 0.15) is 12.0 Å². The zero-order valence-corrected chi connectivity index (χ0v) is 12.7. The van der Waals surface area contributed by atoms with Crippen molar-refractivity contribution in [3.8, 4) is 0 Å². The second-order valence-electron chi connectivity index (χ2n) is 4.45. The van der Waals surface area contributed by atoms with Crippen LogP contribution in [0, 0.1) is 0 Å². The van der Waals surface area contributed by atoms with E-state index in [0.29, 0.717) is 6.54 Å². The highest BCUT2D eigenvalue weighted by Crippen LogP contribution is 2.20. The van der Waals surface area contributed by atoms with Gasteiger partial charge in [0.05, 0.1) is 5.69 Å². The molecule has 0 spiro atoms. The molecule has 0 atom stereocenters. The van der Waals surface area contributed by atoms with Gasteiger partial charge in [0.15, 0.2) is 0 Å². The summed E-state index contributed by atoms with van der Waals surface area (Å²) in [5, 5.41) is 5.67. The van der Waals surface area contributed by atoms with Crippen molar-refractivity contribution in [3.05, 3.63) is 64.6 Å². The van der Waals surface area contributed by atoms with Gasteiger partial charge in [-0.1, -0.05) is 42.5 Å². The molecule has 2 N–H and O–H groups in total. The van der Waals surface area contributed by atoms with E-state index in [0.717, 1.165) is 23.0 Å². The van der Waals surface area contributed by atoms with E-state index in [1.807, 2.05) is 42.5 Å². The van der Waals surface area contributed by atoms with Gasteiger partial charge in [0, 0.05) is 11.0 Å². The van der Waals surface area contributed by atoms with Crippen molar-refractivity contribution < 1.29 is 4.79 Å².